The molecule has 0 radical (unpaired) electrons. The van der Waals surface area contributed by atoms with Gasteiger partial charge in [-0.2, -0.15) is 12.8 Å². The van der Waals surface area contributed by atoms with E-state index in [1.807, 2.05) is 0 Å². The van der Waals surface area contributed by atoms with Crippen LogP contribution in [0.1, 0.15) is 25.7 Å². The van der Waals surface area contributed by atoms with E-state index >= 15 is 0 Å². The van der Waals surface area contributed by atoms with Gasteiger partial charge in [0.2, 0.25) is 0 Å². The molecule has 64 valence electrons. The predicted molar refractivity (Wildman–Crippen MR) is 40.3 cm³/mol. The summed E-state index contributed by atoms with van der Waals surface area (Å²) in [4.78, 5) is 10.3. The van der Waals surface area contributed by atoms with Gasteiger partial charge in [0.25, 0.3) is 0 Å². The van der Waals surface area contributed by atoms with Crippen molar-refractivity contribution in [3.05, 3.63) is 13.8 Å². The van der Waals surface area contributed by atoms with E-state index in [9.17, 15) is 4.79 Å². The molecule has 11 heavy (non-hydrogen) atoms. The summed E-state index contributed by atoms with van der Waals surface area (Å²) in [7, 11) is 0. The van der Waals surface area contributed by atoms with Crippen molar-refractivity contribution >= 4 is 5.97 Å². The van der Waals surface area contributed by atoms with Crippen LogP contribution < -0.4 is 0 Å². The molecule has 0 heterocycles. The fourth-order valence-electron chi connectivity index (χ4n) is 1.17. The summed E-state index contributed by atoms with van der Waals surface area (Å²) in [6.45, 7) is 0. The summed E-state index contributed by atoms with van der Waals surface area (Å²) < 4.78 is 0. The molecule has 1 aliphatic carbocycles. The van der Waals surface area contributed by atoms with Crippen LogP contribution in [0.2, 0.25) is 0 Å². The van der Waals surface area contributed by atoms with Gasteiger partial charge in [-0.1, -0.05) is 12.8 Å². The third kappa shape index (κ3) is 4.57. The molecule has 0 bridgehead atoms. The zero-order chi connectivity index (χ0) is 6.69. The average Bonchev–Trinajstić information content (AvgIpc) is 1.90. The van der Waals surface area contributed by atoms with Crippen molar-refractivity contribution in [2.24, 2.45) is 5.92 Å². The third-order valence-corrected chi connectivity index (χ3v) is 1.79. The Kier molecular flexibility index (Phi) is 8.54. The molecule has 1 rings (SSSR count). The molecule has 0 unspecified atom stereocenters. The van der Waals surface area contributed by atoms with Gasteiger partial charge in [0.05, 0.1) is 5.92 Å². The third-order valence-electron chi connectivity index (χ3n) is 1.79. The topological polar surface area (TPSA) is 37.3 Å². The van der Waals surface area contributed by atoms with Gasteiger partial charge in [0.15, 0.2) is 0 Å². The van der Waals surface area contributed by atoms with E-state index in [-0.39, 0.29) is 34.4 Å². The van der Waals surface area contributed by atoms with Crippen LogP contribution in [0.25, 0.3) is 0 Å². The Bertz CT molecular complexity index is 109. The molecule has 3 heteroatoms. The van der Waals surface area contributed by atoms with E-state index in [1.54, 1.807) is 0 Å². The first kappa shape index (κ1) is 13.7. The van der Waals surface area contributed by atoms with Crippen LogP contribution in [0, 0.1) is 19.8 Å². The van der Waals surface area contributed by atoms with Crippen molar-refractivity contribution in [2.75, 3.05) is 0 Å². The molecule has 0 amide bonds. The van der Waals surface area contributed by atoms with Gasteiger partial charge in [-0.05, 0) is 0 Å². The Morgan fingerprint density at radius 1 is 1.36 bits per heavy atom. The molecule has 1 saturated carbocycles. The Balaban J connectivity index is 0. The maximum atomic E-state index is 10.3. The van der Waals surface area contributed by atoms with Crippen LogP contribution in [0.3, 0.4) is 0 Å². The van der Waals surface area contributed by atoms with Crippen molar-refractivity contribution in [1.29, 1.82) is 0 Å². The average molecular weight is 326 g/mol. The molecule has 0 aromatic carbocycles. The van der Waals surface area contributed by atoms with Crippen LogP contribution in [0.5, 0.6) is 0 Å². The van der Waals surface area contributed by atoms with Gasteiger partial charge in [-0.15, -0.1) is 0 Å². The minimum Gasteiger partial charge on any atom is -0.481 e. The Hall–Kier alpha value is 0.158. The largest absolute Gasteiger partial charge is 2.00 e. The quantitative estimate of drug-likeness (QED) is 0.748. The fourth-order valence-corrected chi connectivity index (χ4v) is 1.17. The Labute approximate surface area is 82.6 Å². The molecular formula is C8H14O2W. The van der Waals surface area contributed by atoms with E-state index in [0.29, 0.717) is 0 Å². The van der Waals surface area contributed by atoms with Gasteiger partial charge < -0.3 is 19.0 Å². The first-order valence-electron chi connectivity index (χ1n) is 3.35. The summed E-state index contributed by atoms with van der Waals surface area (Å²) in [6.07, 6.45) is 5.82. The number of carboxylic acid groups (broad SMARTS) is 1. The predicted octanol–water partition coefficient (Wildman–Crippen LogP) is 1.91. The van der Waals surface area contributed by atoms with Crippen LogP contribution in [-0.4, -0.2) is 11.1 Å². The van der Waals surface area contributed by atoms with Crippen LogP contribution in [-0.2, 0) is 25.9 Å². The first-order valence-corrected chi connectivity index (χ1v) is 3.35. The van der Waals surface area contributed by atoms with Gasteiger partial charge >= 0.3 is 27.0 Å². The van der Waals surface area contributed by atoms with Crippen LogP contribution in [0.15, 0.2) is 0 Å². The van der Waals surface area contributed by atoms with Crippen molar-refractivity contribution < 1.29 is 31.0 Å². The molecule has 0 spiro atoms. The normalized spacial score (nSPS) is 17.8. The fraction of sp³-hybridized carbons (Fsp3) is 0.625. The molecule has 2 nitrogen and oxygen atoms in total. The van der Waals surface area contributed by atoms with E-state index in [0.717, 1.165) is 25.7 Å². The zero-order valence-corrected chi connectivity index (χ0v) is 9.68. The monoisotopic (exact) mass is 326 g/mol. The SMILES string of the molecule is O=C(O)C1CC[CH-]CC1.[CH3-].[W+2]. The maximum Gasteiger partial charge on any atom is 2.00 e. The van der Waals surface area contributed by atoms with Crippen molar-refractivity contribution in [3.8, 4) is 0 Å². The van der Waals surface area contributed by atoms with Gasteiger partial charge in [-0.3, -0.25) is 4.79 Å². The molecule has 0 atom stereocenters. The van der Waals surface area contributed by atoms with Crippen LogP contribution >= 0.6 is 0 Å². The number of hydrogen-bond donors (Lipinski definition) is 1. The van der Waals surface area contributed by atoms with Crippen molar-refractivity contribution in [3.63, 3.8) is 0 Å². The second-order valence-corrected chi connectivity index (χ2v) is 2.48. The minimum absolute atomic E-state index is 0. The molecule has 1 fully saturated rings. The Morgan fingerprint density at radius 2 is 1.82 bits per heavy atom. The van der Waals surface area contributed by atoms with E-state index in [4.69, 9.17) is 5.11 Å². The van der Waals surface area contributed by atoms with Gasteiger partial charge in [-0.25, -0.2) is 0 Å². The zero-order valence-electron chi connectivity index (χ0n) is 6.75. The van der Waals surface area contributed by atoms with E-state index in [2.05, 4.69) is 6.42 Å². The first-order chi connectivity index (χ1) is 4.30. The Morgan fingerprint density at radius 3 is 2.09 bits per heavy atom. The van der Waals surface area contributed by atoms with Crippen molar-refractivity contribution in [1.82, 2.24) is 0 Å². The van der Waals surface area contributed by atoms with Crippen LogP contribution in [0.4, 0.5) is 0 Å². The van der Waals surface area contributed by atoms with E-state index in [1.165, 1.54) is 0 Å². The van der Waals surface area contributed by atoms with Crippen molar-refractivity contribution in [2.45, 2.75) is 25.7 Å². The molecule has 0 aromatic rings. The van der Waals surface area contributed by atoms with Gasteiger partial charge in [0.1, 0.15) is 0 Å². The molecule has 0 aliphatic heterocycles. The second kappa shape index (κ2) is 6.84. The summed E-state index contributed by atoms with van der Waals surface area (Å²) >= 11 is 0. The number of carboxylic acids is 1. The standard InChI is InChI=1S/C7H11O2.CH3.W/c8-7(9)6-4-2-1-3-5-6;;/h1,6H,2-5H2,(H,8,9);1H3;/q2*-1;+2. The van der Waals surface area contributed by atoms with Gasteiger partial charge in [0, 0.05) is 0 Å². The molecular weight excluding hydrogens is 312 g/mol. The summed E-state index contributed by atoms with van der Waals surface area (Å²) in [5, 5.41) is 8.52. The smallest absolute Gasteiger partial charge is 0.481 e. The number of aliphatic carboxylic acids is 1. The molecule has 1 N–H and O–H groups in total. The number of carbonyl (C=O) groups is 1. The minimum atomic E-state index is -0.622. The van der Waals surface area contributed by atoms with E-state index < -0.39 is 5.97 Å². The molecule has 1 aliphatic rings. The maximum absolute atomic E-state index is 10.3. The number of rotatable bonds is 1. The summed E-state index contributed by atoms with van der Waals surface area (Å²) in [6, 6.07) is 0. The molecule has 0 saturated heterocycles. The molecule has 0 aromatic heterocycles. The summed E-state index contributed by atoms with van der Waals surface area (Å²) in [5.74, 6) is -0.682. The number of hydrogen-bond acceptors (Lipinski definition) is 1. The second-order valence-electron chi connectivity index (χ2n) is 2.48. The summed E-state index contributed by atoms with van der Waals surface area (Å²) in [5.41, 5.74) is 0.